The average Bonchev–Trinajstić information content (AvgIpc) is 2.58. The fraction of sp³-hybridized carbons (Fsp3) is 0.588. The van der Waals surface area contributed by atoms with E-state index in [1.165, 1.54) is 19.2 Å². The number of benzene rings is 1. The van der Waals surface area contributed by atoms with Crippen LogP contribution in [-0.4, -0.2) is 52.1 Å². The molecule has 1 aromatic rings. The Bertz CT molecular complexity index is 698. The van der Waals surface area contributed by atoms with E-state index < -0.39 is 10.0 Å². The first-order valence-corrected chi connectivity index (χ1v) is 10.2. The first-order chi connectivity index (χ1) is 11.9. The van der Waals surface area contributed by atoms with E-state index in [-0.39, 0.29) is 17.0 Å². The summed E-state index contributed by atoms with van der Waals surface area (Å²) < 4.78 is 26.1. The number of likely N-dealkylation sites (tertiary alicyclic amines) is 1. The van der Waals surface area contributed by atoms with E-state index >= 15 is 0 Å². The van der Waals surface area contributed by atoms with Crippen LogP contribution < -0.4 is 15.4 Å². The van der Waals surface area contributed by atoms with E-state index in [0.717, 1.165) is 44.5 Å². The zero-order valence-corrected chi connectivity index (χ0v) is 15.9. The molecule has 0 bridgehead atoms. The van der Waals surface area contributed by atoms with E-state index in [4.69, 9.17) is 0 Å². The molecule has 7 nitrogen and oxygen atoms in total. The van der Waals surface area contributed by atoms with E-state index in [1.807, 2.05) is 6.92 Å². The molecule has 0 aliphatic carbocycles. The molecule has 2 rings (SSSR count). The number of sulfonamides is 1. The number of hydrogen-bond donors (Lipinski definition) is 3. The van der Waals surface area contributed by atoms with Crippen LogP contribution in [0.25, 0.3) is 0 Å². The Balaban J connectivity index is 1.96. The smallest absolute Gasteiger partial charge is 0.319 e. The second kappa shape index (κ2) is 8.64. The Hall–Kier alpha value is -1.64. The molecule has 1 aromatic carbocycles. The highest BCUT2D eigenvalue weighted by atomic mass is 32.2. The molecule has 1 aliphatic rings. The van der Waals surface area contributed by atoms with Gasteiger partial charge in [-0.2, -0.15) is 0 Å². The van der Waals surface area contributed by atoms with Crippen molar-refractivity contribution in [1.82, 2.24) is 14.9 Å². The summed E-state index contributed by atoms with van der Waals surface area (Å²) in [5.74, 6) is 0. The van der Waals surface area contributed by atoms with Crippen molar-refractivity contribution < 1.29 is 13.2 Å². The highest BCUT2D eigenvalue weighted by Crippen LogP contribution is 2.20. The van der Waals surface area contributed by atoms with Crippen molar-refractivity contribution >= 4 is 21.7 Å². The van der Waals surface area contributed by atoms with Crippen LogP contribution in [0.1, 0.15) is 31.7 Å². The van der Waals surface area contributed by atoms with Gasteiger partial charge in [0.15, 0.2) is 0 Å². The lowest BCUT2D eigenvalue weighted by atomic mass is 10.1. The molecule has 25 heavy (non-hydrogen) atoms. The Labute approximate surface area is 150 Å². The maximum Gasteiger partial charge on any atom is 0.319 e. The topological polar surface area (TPSA) is 90.5 Å². The number of piperidine rings is 1. The molecular weight excluding hydrogens is 340 g/mol. The molecule has 140 valence electrons. The van der Waals surface area contributed by atoms with Crippen molar-refractivity contribution in [3.8, 4) is 0 Å². The van der Waals surface area contributed by atoms with Gasteiger partial charge in [0.1, 0.15) is 0 Å². The fourth-order valence-electron chi connectivity index (χ4n) is 2.98. The van der Waals surface area contributed by atoms with Gasteiger partial charge in [0, 0.05) is 24.8 Å². The highest BCUT2D eigenvalue weighted by molar-refractivity contribution is 7.89. The fourth-order valence-corrected chi connectivity index (χ4v) is 3.74. The van der Waals surface area contributed by atoms with Gasteiger partial charge in [-0.1, -0.05) is 13.0 Å². The molecule has 0 unspecified atom stereocenters. The average molecular weight is 369 g/mol. The van der Waals surface area contributed by atoms with Gasteiger partial charge < -0.3 is 15.5 Å². The normalized spacial score (nSPS) is 16.6. The van der Waals surface area contributed by atoms with Gasteiger partial charge in [-0.15, -0.1) is 0 Å². The number of carbonyl (C=O) groups is 1. The van der Waals surface area contributed by atoms with Crippen LogP contribution in [0.3, 0.4) is 0 Å². The maximum atomic E-state index is 12.3. The highest BCUT2D eigenvalue weighted by Gasteiger charge is 2.20. The van der Waals surface area contributed by atoms with Crippen molar-refractivity contribution in [3.63, 3.8) is 0 Å². The molecule has 8 heteroatoms. The Morgan fingerprint density at radius 2 is 1.96 bits per heavy atom. The molecule has 0 atom stereocenters. The number of anilines is 1. The molecule has 1 aliphatic heterocycles. The molecule has 3 N–H and O–H groups in total. The first-order valence-electron chi connectivity index (χ1n) is 8.69. The van der Waals surface area contributed by atoms with Gasteiger partial charge in [0.05, 0.1) is 4.90 Å². The molecule has 1 saturated heterocycles. The van der Waals surface area contributed by atoms with Crippen molar-refractivity contribution in [1.29, 1.82) is 0 Å². The molecule has 0 aromatic heterocycles. The van der Waals surface area contributed by atoms with Gasteiger partial charge in [0.25, 0.3) is 0 Å². The van der Waals surface area contributed by atoms with Gasteiger partial charge in [0.2, 0.25) is 10.0 Å². The molecule has 1 fully saturated rings. The number of nitrogens with one attached hydrogen (secondary N) is 3. The second-order valence-electron chi connectivity index (χ2n) is 6.40. The third-order valence-corrected chi connectivity index (χ3v) is 5.91. The number of urea groups is 1. The monoisotopic (exact) mass is 368 g/mol. The minimum Gasteiger partial charge on any atom is -0.335 e. The minimum atomic E-state index is -3.54. The third kappa shape index (κ3) is 5.42. The van der Waals surface area contributed by atoms with E-state index in [9.17, 15) is 13.2 Å². The van der Waals surface area contributed by atoms with Crippen LogP contribution in [0.15, 0.2) is 23.1 Å². The summed E-state index contributed by atoms with van der Waals surface area (Å²) in [4.78, 5) is 14.8. The zero-order chi connectivity index (χ0) is 18.4. The summed E-state index contributed by atoms with van der Waals surface area (Å²) in [5.41, 5.74) is 1.31. The quantitative estimate of drug-likeness (QED) is 0.715. The standard InChI is InChI=1S/C17H28N4O3S/c1-4-9-21-10-7-14(8-11-21)19-17(22)20-16-12-15(6-5-13(16)2)25(23,24)18-3/h5-6,12,14,18H,4,7-11H2,1-3H3,(H2,19,20,22). The zero-order valence-electron chi connectivity index (χ0n) is 15.1. The van der Waals surface area contributed by atoms with Crippen molar-refractivity contribution in [2.24, 2.45) is 0 Å². The lowest BCUT2D eigenvalue weighted by molar-refractivity contribution is 0.196. The summed E-state index contributed by atoms with van der Waals surface area (Å²) in [7, 11) is -2.18. The van der Waals surface area contributed by atoms with Gasteiger partial charge in [-0.3, -0.25) is 0 Å². The van der Waals surface area contributed by atoms with Crippen LogP contribution in [0.5, 0.6) is 0 Å². The van der Waals surface area contributed by atoms with Crippen LogP contribution >= 0.6 is 0 Å². The van der Waals surface area contributed by atoms with E-state index in [2.05, 4.69) is 27.2 Å². The van der Waals surface area contributed by atoms with Crippen LogP contribution in [0.4, 0.5) is 10.5 Å². The summed E-state index contributed by atoms with van der Waals surface area (Å²) in [6.07, 6.45) is 3.00. The van der Waals surface area contributed by atoms with Crippen molar-refractivity contribution in [2.75, 3.05) is 32.0 Å². The third-order valence-electron chi connectivity index (χ3n) is 4.50. The van der Waals surface area contributed by atoms with Crippen molar-refractivity contribution in [3.05, 3.63) is 23.8 Å². The lowest BCUT2D eigenvalue weighted by Crippen LogP contribution is -2.46. The number of rotatable bonds is 6. The van der Waals surface area contributed by atoms with Crippen LogP contribution in [0.2, 0.25) is 0 Å². The largest absolute Gasteiger partial charge is 0.335 e. The number of nitrogens with zero attached hydrogens (tertiary/aromatic N) is 1. The summed E-state index contributed by atoms with van der Waals surface area (Å²) in [6, 6.07) is 4.54. The number of carbonyl (C=O) groups excluding carboxylic acids is 1. The molecule has 2 amide bonds. The minimum absolute atomic E-state index is 0.128. The van der Waals surface area contributed by atoms with Gasteiger partial charge >= 0.3 is 6.03 Å². The Morgan fingerprint density at radius 3 is 2.56 bits per heavy atom. The predicted molar refractivity (Wildman–Crippen MR) is 99.3 cm³/mol. The van der Waals surface area contributed by atoms with Gasteiger partial charge in [-0.25, -0.2) is 17.9 Å². The molecule has 0 radical (unpaired) electrons. The van der Waals surface area contributed by atoms with Crippen molar-refractivity contribution in [2.45, 2.75) is 44.0 Å². The number of amides is 2. The molecule has 0 saturated carbocycles. The Morgan fingerprint density at radius 1 is 1.28 bits per heavy atom. The summed E-state index contributed by atoms with van der Waals surface area (Å²) in [5, 5.41) is 5.76. The maximum absolute atomic E-state index is 12.3. The Kier molecular flexibility index (Phi) is 6.80. The second-order valence-corrected chi connectivity index (χ2v) is 8.29. The van der Waals surface area contributed by atoms with E-state index in [1.54, 1.807) is 6.07 Å². The van der Waals surface area contributed by atoms with E-state index in [0.29, 0.717) is 5.69 Å². The summed E-state index contributed by atoms with van der Waals surface area (Å²) in [6.45, 7) is 7.09. The SMILES string of the molecule is CCCN1CCC(NC(=O)Nc2cc(S(=O)(=O)NC)ccc2C)CC1. The van der Waals surface area contributed by atoms with Crippen LogP contribution in [0, 0.1) is 6.92 Å². The molecule has 1 heterocycles. The number of aryl methyl sites for hydroxylation is 1. The number of hydrogen-bond acceptors (Lipinski definition) is 4. The lowest BCUT2D eigenvalue weighted by Gasteiger charge is -2.32. The van der Waals surface area contributed by atoms with Crippen LogP contribution in [-0.2, 0) is 10.0 Å². The molecular formula is C17H28N4O3S. The summed E-state index contributed by atoms with van der Waals surface area (Å²) >= 11 is 0. The first kappa shape index (κ1) is 19.7. The molecule has 0 spiro atoms. The predicted octanol–water partition coefficient (Wildman–Crippen LogP) is 1.90. The van der Waals surface area contributed by atoms with Gasteiger partial charge in [-0.05, 0) is 57.5 Å².